The van der Waals surface area contributed by atoms with Crippen molar-refractivity contribution < 1.29 is 13.2 Å². The van der Waals surface area contributed by atoms with Crippen molar-refractivity contribution in [1.29, 1.82) is 0 Å². The second kappa shape index (κ2) is 9.19. The van der Waals surface area contributed by atoms with Gasteiger partial charge in [0.05, 0.1) is 12.8 Å². The summed E-state index contributed by atoms with van der Waals surface area (Å²) in [6.45, 7) is 3.74. The molecule has 1 N–H and O–H groups in total. The third-order valence-corrected chi connectivity index (χ3v) is 5.99. The topological polar surface area (TPSA) is 66.5 Å². The Morgan fingerprint density at radius 1 is 1.22 bits per heavy atom. The van der Waals surface area contributed by atoms with Crippen molar-refractivity contribution in [2.24, 2.45) is 0 Å². The number of carbonyl (C=O) groups is 1. The Labute approximate surface area is 173 Å². The molecule has 0 saturated heterocycles. The van der Waals surface area contributed by atoms with Crippen LogP contribution in [0.2, 0.25) is 5.02 Å². The fraction of sp³-hybridized carbons (Fsp3) is 0.316. The molecule has 0 unspecified atom stereocenters. The number of amides is 1. The predicted molar refractivity (Wildman–Crippen MR) is 114 cm³/mol. The smallest absolute Gasteiger partial charge is 0.239 e. The van der Waals surface area contributed by atoms with Crippen LogP contribution < -0.4 is 5.32 Å². The SMILES string of the molecule is CCc1cc(Br)cc(C)c1NC(=O)CN(Cc1ccc(Cl)cc1)S(C)(=O)=O. The van der Waals surface area contributed by atoms with E-state index in [0.29, 0.717) is 5.02 Å². The number of benzene rings is 2. The molecule has 146 valence electrons. The summed E-state index contributed by atoms with van der Waals surface area (Å²) < 4.78 is 26.4. The lowest BCUT2D eigenvalue weighted by molar-refractivity contribution is -0.116. The van der Waals surface area contributed by atoms with Gasteiger partial charge in [-0.05, 0) is 54.3 Å². The summed E-state index contributed by atoms with van der Waals surface area (Å²) in [7, 11) is -3.56. The van der Waals surface area contributed by atoms with Crippen molar-refractivity contribution in [1.82, 2.24) is 4.31 Å². The molecule has 0 radical (unpaired) electrons. The summed E-state index contributed by atoms with van der Waals surface area (Å²) in [5, 5.41) is 3.44. The highest BCUT2D eigenvalue weighted by atomic mass is 79.9. The molecule has 0 aliphatic carbocycles. The Morgan fingerprint density at radius 2 is 1.85 bits per heavy atom. The number of nitrogens with one attached hydrogen (secondary N) is 1. The summed E-state index contributed by atoms with van der Waals surface area (Å²) in [6, 6.07) is 10.7. The summed E-state index contributed by atoms with van der Waals surface area (Å²) in [4.78, 5) is 12.6. The molecule has 0 fully saturated rings. The lowest BCUT2D eigenvalue weighted by atomic mass is 10.1. The van der Waals surface area contributed by atoms with Crippen LogP contribution >= 0.6 is 27.5 Å². The van der Waals surface area contributed by atoms with Gasteiger partial charge in [0.15, 0.2) is 0 Å². The van der Waals surface area contributed by atoms with Crippen molar-refractivity contribution in [3.63, 3.8) is 0 Å². The van der Waals surface area contributed by atoms with E-state index < -0.39 is 10.0 Å². The molecule has 8 heteroatoms. The first-order valence-corrected chi connectivity index (χ1v) is 11.4. The van der Waals surface area contributed by atoms with Gasteiger partial charge in [-0.3, -0.25) is 4.79 Å². The van der Waals surface area contributed by atoms with Gasteiger partial charge < -0.3 is 5.32 Å². The molecule has 0 saturated carbocycles. The maximum Gasteiger partial charge on any atom is 0.239 e. The second-order valence-corrected chi connectivity index (χ2v) is 9.65. The van der Waals surface area contributed by atoms with E-state index >= 15 is 0 Å². The Hall–Kier alpha value is -1.41. The van der Waals surface area contributed by atoms with Gasteiger partial charge in [0.25, 0.3) is 0 Å². The number of aryl methyl sites for hydroxylation is 2. The molecule has 0 aliphatic heterocycles. The number of hydrogen-bond acceptors (Lipinski definition) is 3. The molecule has 27 heavy (non-hydrogen) atoms. The van der Waals surface area contributed by atoms with E-state index in [2.05, 4.69) is 21.2 Å². The van der Waals surface area contributed by atoms with Crippen LogP contribution in [0.3, 0.4) is 0 Å². The first-order chi connectivity index (χ1) is 12.6. The fourth-order valence-electron chi connectivity index (χ4n) is 2.69. The van der Waals surface area contributed by atoms with Gasteiger partial charge in [0.2, 0.25) is 15.9 Å². The van der Waals surface area contributed by atoms with Gasteiger partial charge in [0.1, 0.15) is 0 Å². The minimum Gasteiger partial charge on any atom is -0.324 e. The average molecular weight is 474 g/mol. The second-order valence-electron chi connectivity index (χ2n) is 6.32. The van der Waals surface area contributed by atoms with Gasteiger partial charge in [0, 0.05) is 21.7 Å². The minimum absolute atomic E-state index is 0.101. The van der Waals surface area contributed by atoms with Crippen molar-refractivity contribution >= 4 is 49.1 Å². The molecule has 0 aliphatic rings. The van der Waals surface area contributed by atoms with Crippen LogP contribution in [0.15, 0.2) is 40.9 Å². The van der Waals surface area contributed by atoms with Gasteiger partial charge in [-0.1, -0.05) is 46.6 Å². The molecule has 2 aromatic rings. The minimum atomic E-state index is -3.56. The molecular weight excluding hydrogens is 452 g/mol. The van der Waals surface area contributed by atoms with Crippen molar-refractivity contribution in [3.05, 3.63) is 62.6 Å². The number of rotatable bonds is 7. The average Bonchev–Trinajstić information content (AvgIpc) is 2.57. The zero-order valence-corrected chi connectivity index (χ0v) is 18.6. The molecule has 5 nitrogen and oxygen atoms in total. The van der Waals surface area contributed by atoms with E-state index in [1.54, 1.807) is 24.3 Å². The van der Waals surface area contributed by atoms with Crippen molar-refractivity contribution in [3.8, 4) is 0 Å². The van der Waals surface area contributed by atoms with E-state index in [9.17, 15) is 13.2 Å². The molecule has 0 bridgehead atoms. The molecule has 0 heterocycles. The van der Waals surface area contributed by atoms with Gasteiger partial charge in [-0.15, -0.1) is 0 Å². The zero-order chi connectivity index (χ0) is 20.2. The van der Waals surface area contributed by atoms with Crippen LogP contribution in [0, 0.1) is 6.92 Å². The maximum absolute atomic E-state index is 12.6. The summed E-state index contributed by atoms with van der Waals surface area (Å²) in [5.41, 5.74) is 3.38. The first kappa shape index (κ1) is 21.9. The molecule has 0 aromatic heterocycles. The van der Waals surface area contributed by atoms with Gasteiger partial charge >= 0.3 is 0 Å². The summed E-state index contributed by atoms with van der Waals surface area (Å²) in [5.74, 6) is -0.380. The highest BCUT2D eigenvalue weighted by Gasteiger charge is 2.21. The zero-order valence-electron chi connectivity index (χ0n) is 15.4. The third-order valence-electron chi connectivity index (χ3n) is 4.09. The van der Waals surface area contributed by atoms with Crippen molar-refractivity contribution in [2.75, 3.05) is 18.1 Å². The first-order valence-electron chi connectivity index (χ1n) is 8.38. The highest BCUT2D eigenvalue weighted by molar-refractivity contribution is 9.10. The molecule has 1 amide bonds. The van der Waals surface area contributed by atoms with E-state index in [1.165, 1.54) is 0 Å². The van der Waals surface area contributed by atoms with Crippen LogP contribution in [0.4, 0.5) is 5.69 Å². The van der Waals surface area contributed by atoms with Gasteiger partial charge in [-0.2, -0.15) is 4.31 Å². The molecule has 2 rings (SSSR count). The molecular formula is C19H22BrClN2O3S. The monoisotopic (exact) mass is 472 g/mol. The molecule has 0 atom stereocenters. The Kier molecular flexibility index (Phi) is 7.45. The predicted octanol–water partition coefficient (Wildman–Crippen LogP) is 4.37. The Morgan fingerprint density at radius 3 is 2.41 bits per heavy atom. The molecule has 2 aromatic carbocycles. The maximum atomic E-state index is 12.6. The lowest BCUT2D eigenvalue weighted by Crippen LogP contribution is -2.37. The number of sulfonamides is 1. The summed E-state index contributed by atoms with van der Waals surface area (Å²) >= 11 is 9.32. The number of hydrogen-bond donors (Lipinski definition) is 1. The van der Waals surface area contributed by atoms with Crippen LogP contribution in [-0.2, 0) is 27.8 Å². The normalized spacial score (nSPS) is 11.6. The third kappa shape index (κ3) is 6.31. The summed E-state index contributed by atoms with van der Waals surface area (Å²) in [6.07, 6.45) is 1.84. The van der Waals surface area contributed by atoms with Gasteiger partial charge in [-0.25, -0.2) is 8.42 Å². The number of nitrogens with zero attached hydrogens (tertiary/aromatic N) is 1. The Bertz CT molecular complexity index is 931. The number of anilines is 1. The lowest BCUT2D eigenvalue weighted by Gasteiger charge is -2.21. The fourth-order valence-corrected chi connectivity index (χ4v) is 4.17. The van der Waals surface area contributed by atoms with Crippen LogP contribution in [0.5, 0.6) is 0 Å². The highest BCUT2D eigenvalue weighted by Crippen LogP contribution is 2.26. The molecule has 0 spiro atoms. The van der Waals surface area contributed by atoms with E-state index in [-0.39, 0.29) is 19.0 Å². The van der Waals surface area contributed by atoms with Crippen LogP contribution in [0.25, 0.3) is 0 Å². The Balaban J connectivity index is 2.18. The van der Waals surface area contributed by atoms with E-state index in [1.807, 2.05) is 26.0 Å². The van der Waals surface area contributed by atoms with E-state index in [0.717, 1.165) is 43.8 Å². The van der Waals surface area contributed by atoms with Crippen LogP contribution in [-0.4, -0.2) is 31.4 Å². The number of halogens is 2. The van der Waals surface area contributed by atoms with Crippen LogP contribution in [0.1, 0.15) is 23.6 Å². The number of carbonyl (C=O) groups excluding carboxylic acids is 1. The van der Waals surface area contributed by atoms with Crippen molar-refractivity contribution in [2.45, 2.75) is 26.8 Å². The van der Waals surface area contributed by atoms with E-state index in [4.69, 9.17) is 11.6 Å². The quantitative estimate of drug-likeness (QED) is 0.649. The standard InChI is InChI=1S/C19H22BrClN2O3S/c1-4-15-10-16(20)9-13(2)19(15)22-18(24)12-23(27(3,25)26)11-14-5-7-17(21)8-6-14/h5-10H,4,11-12H2,1-3H3,(H,22,24). The largest absolute Gasteiger partial charge is 0.324 e.